The van der Waals surface area contributed by atoms with Crippen LogP contribution in [0.2, 0.25) is 0 Å². The van der Waals surface area contributed by atoms with Crippen molar-refractivity contribution in [2.75, 3.05) is 19.0 Å². The molecule has 8 nitrogen and oxygen atoms in total. The molecule has 0 saturated heterocycles. The first-order chi connectivity index (χ1) is 10.1. The normalized spacial score (nSPS) is 12.8. The average molecular weight is 323 g/mol. The van der Waals surface area contributed by atoms with E-state index in [0.717, 1.165) is 0 Å². The molecule has 11 heteroatoms. The van der Waals surface area contributed by atoms with E-state index in [4.69, 9.17) is 4.74 Å². The van der Waals surface area contributed by atoms with Crippen LogP contribution in [0.3, 0.4) is 0 Å². The second-order valence-electron chi connectivity index (χ2n) is 4.33. The van der Waals surface area contributed by atoms with Crippen molar-refractivity contribution in [3.05, 3.63) is 37.9 Å². The molecule has 0 aliphatic heterocycles. The molecule has 1 aromatic rings. The van der Waals surface area contributed by atoms with Gasteiger partial charge in [0.15, 0.2) is 5.69 Å². The van der Waals surface area contributed by atoms with Crippen LogP contribution in [0.25, 0.3) is 0 Å². The van der Waals surface area contributed by atoms with E-state index in [-0.39, 0.29) is 18.7 Å². The molecule has 1 unspecified atom stereocenters. The number of halogens is 3. The molecule has 0 heterocycles. The molecule has 0 spiro atoms. The van der Waals surface area contributed by atoms with Gasteiger partial charge in [0.1, 0.15) is 0 Å². The molecule has 122 valence electrons. The third-order valence-electron chi connectivity index (χ3n) is 2.79. The summed E-state index contributed by atoms with van der Waals surface area (Å²) in [6.07, 6.45) is -5.39. The van der Waals surface area contributed by atoms with E-state index in [1.54, 1.807) is 6.92 Å². The number of benzene rings is 1. The molecule has 0 aliphatic rings. The summed E-state index contributed by atoms with van der Waals surface area (Å²) in [7, 11) is 1.35. The van der Waals surface area contributed by atoms with Gasteiger partial charge in [0, 0.05) is 25.8 Å². The standard InChI is InChI=1S/C11H12F3N3O5/c1-6(22-2)5-15-10-8(16(18)19)3-7(11(12,13)14)4-9(10)17(20)21/h3-4,6,15H,5H2,1-2H3. The lowest BCUT2D eigenvalue weighted by molar-refractivity contribution is -0.392. The van der Waals surface area contributed by atoms with Crippen LogP contribution in [0.1, 0.15) is 12.5 Å². The third-order valence-corrected chi connectivity index (χ3v) is 2.79. The highest BCUT2D eigenvalue weighted by molar-refractivity contribution is 5.75. The van der Waals surface area contributed by atoms with Gasteiger partial charge < -0.3 is 10.1 Å². The van der Waals surface area contributed by atoms with Crippen LogP contribution in [0.15, 0.2) is 12.1 Å². The van der Waals surface area contributed by atoms with Crippen molar-refractivity contribution < 1.29 is 27.8 Å². The number of methoxy groups -OCH3 is 1. The maximum atomic E-state index is 12.7. The van der Waals surface area contributed by atoms with E-state index in [9.17, 15) is 33.4 Å². The number of alkyl halides is 3. The number of anilines is 1. The minimum absolute atomic E-state index is 0.0520. The van der Waals surface area contributed by atoms with E-state index in [1.807, 2.05) is 0 Å². The summed E-state index contributed by atoms with van der Waals surface area (Å²) in [5.41, 5.74) is -4.10. The van der Waals surface area contributed by atoms with Crippen molar-refractivity contribution in [3.8, 4) is 0 Å². The Bertz CT molecular complexity index is 556. The molecule has 0 aromatic heterocycles. The van der Waals surface area contributed by atoms with Gasteiger partial charge in [-0.15, -0.1) is 0 Å². The minimum Gasteiger partial charge on any atom is -0.380 e. The first-order valence-corrected chi connectivity index (χ1v) is 5.88. The summed E-state index contributed by atoms with van der Waals surface area (Å²) in [5, 5.41) is 24.3. The zero-order valence-electron chi connectivity index (χ0n) is 11.5. The van der Waals surface area contributed by atoms with Crippen molar-refractivity contribution in [2.24, 2.45) is 0 Å². The highest BCUT2D eigenvalue weighted by atomic mass is 19.4. The molecule has 1 aromatic carbocycles. The summed E-state index contributed by atoms with van der Waals surface area (Å²) in [4.78, 5) is 19.7. The van der Waals surface area contributed by atoms with Crippen LogP contribution in [0.4, 0.5) is 30.2 Å². The van der Waals surface area contributed by atoms with Crippen molar-refractivity contribution in [2.45, 2.75) is 19.2 Å². The lowest BCUT2D eigenvalue weighted by Gasteiger charge is -2.14. The Labute approximate surface area is 122 Å². The third kappa shape index (κ3) is 4.04. The van der Waals surface area contributed by atoms with Gasteiger partial charge in [0.25, 0.3) is 11.4 Å². The van der Waals surface area contributed by atoms with Crippen molar-refractivity contribution in [1.29, 1.82) is 0 Å². The van der Waals surface area contributed by atoms with Gasteiger partial charge in [-0.2, -0.15) is 13.2 Å². The molecular formula is C11H12F3N3O5. The molecule has 0 amide bonds. The summed E-state index contributed by atoms with van der Waals surface area (Å²) in [6.45, 7) is 1.53. The van der Waals surface area contributed by atoms with Gasteiger partial charge in [-0.25, -0.2) is 0 Å². The van der Waals surface area contributed by atoms with Crippen molar-refractivity contribution in [1.82, 2.24) is 0 Å². The number of rotatable bonds is 6. The van der Waals surface area contributed by atoms with Gasteiger partial charge in [0.2, 0.25) is 0 Å². The van der Waals surface area contributed by atoms with E-state index in [0.29, 0.717) is 0 Å². The topological polar surface area (TPSA) is 108 Å². The molecule has 1 rings (SSSR count). The van der Waals surface area contributed by atoms with Gasteiger partial charge in [-0.05, 0) is 6.92 Å². The zero-order chi connectivity index (χ0) is 17.1. The monoisotopic (exact) mass is 323 g/mol. The smallest absolute Gasteiger partial charge is 0.380 e. The van der Waals surface area contributed by atoms with Crippen LogP contribution >= 0.6 is 0 Å². The SMILES string of the molecule is COC(C)CNc1c([N+](=O)[O-])cc(C(F)(F)F)cc1[N+](=O)[O-]. The van der Waals surface area contributed by atoms with Crippen molar-refractivity contribution in [3.63, 3.8) is 0 Å². The van der Waals surface area contributed by atoms with E-state index in [1.165, 1.54) is 7.11 Å². The Morgan fingerprint density at radius 3 is 2.00 bits per heavy atom. The second-order valence-corrected chi connectivity index (χ2v) is 4.33. The number of nitro groups is 2. The van der Waals surface area contributed by atoms with Gasteiger partial charge in [-0.3, -0.25) is 20.2 Å². The summed E-state index contributed by atoms with van der Waals surface area (Å²) in [5.74, 6) is 0. The number of nitrogens with zero attached hydrogens (tertiary/aromatic N) is 2. The first-order valence-electron chi connectivity index (χ1n) is 5.88. The zero-order valence-corrected chi connectivity index (χ0v) is 11.5. The molecule has 0 bridgehead atoms. The maximum absolute atomic E-state index is 12.7. The molecule has 0 aliphatic carbocycles. The van der Waals surface area contributed by atoms with Crippen LogP contribution in [0.5, 0.6) is 0 Å². The summed E-state index contributed by atoms with van der Waals surface area (Å²) >= 11 is 0. The highest BCUT2D eigenvalue weighted by Gasteiger charge is 2.37. The molecule has 0 radical (unpaired) electrons. The highest BCUT2D eigenvalue weighted by Crippen LogP contribution is 2.41. The predicted molar refractivity (Wildman–Crippen MR) is 69.7 cm³/mol. The summed E-state index contributed by atoms with van der Waals surface area (Å²) < 4.78 is 42.9. The fourth-order valence-corrected chi connectivity index (χ4v) is 1.57. The average Bonchev–Trinajstić information content (AvgIpc) is 2.42. The number of hydrogen-bond donors (Lipinski definition) is 1. The van der Waals surface area contributed by atoms with E-state index in [2.05, 4.69) is 5.32 Å². The van der Waals surface area contributed by atoms with Crippen molar-refractivity contribution >= 4 is 17.1 Å². The molecule has 22 heavy (non-hydrogen) atoms. The lowest BCUT2D eigenvalue weighted by atomic mass is 10.1. The second kappa shape index (κ2) is 6.56. The van der Waals surface area contributed by atoms with E-state index >= 15 is 0 Å². The Hall–Kier alpha value is -2.43. The molecule has 0 fully saturated rings. The number of nitrogens with one attached hydrogen (secondary N) is 1. The Morgan fingerprint density at radius 1 is 1.23 bits per heavy atom. The molecule has 0 saturated carbocycles. The molecule has 1 N–H and O–H groups in total. The first kappa shape index (κ1) is 17.6. The quantitative estimate of drug-likeness (QED) is 0.637. The van der Waals surface area contributed by atoms with Gasteiger partial charge in [-0.1, -0.05) is 0 Å². The molecular weight excluding hydrogens is 311 g/mol. The fourth-order valence-electron chi connectivity index (χ4n) is 1.57. The van der Waals surface area contributed by atoms with Gasteiger partial charge >= 0.3 is 6.18 Å². The van der Waals surface area contributed by atoms with Gasteiger partial charge in [0.05, 0.1) is 21.5 Å². The Balaban J connectivity index is 3.44. The Kier molecular flexibility index (Phi) is 5.25. The largest absolute Gasteiger partial charge is 0.416 e. The van der Waals surface area contributed by atoms with Crippen LogP contribution in [-0.2, 0) is 10.9 Å². The predicted octanol–water partition coefficient (Wildman–Crippen LogP) is 2.97. The van der Waals surface area contributed by atoms with Crippen LogP contribution in [-0.4, -0.2) is 29.6 Å². The van der Waals surface area contributed by atoms with Crippen LogP contribution in [0, 0.1) is 20.2 Å². The number of nitro benzene ring substituents is 2. The number of ether oxygens (including phenoxy) is 1. The van der Waals surface area contributed by atoms with Crippen LogP contribution < -0.4 is 5.32 Å². The maximum Gasteiger partial charge on any atom is 0.416 e. The lowest BCUT2D eigenvalue weighted by Crippen LogP contribution is -2.19. The minimum atomic E-state index is -4.94. The fraction of sp³-hybridized carbons (Fsp3) is 0.455. The Morgan fingerprint density at radius 2 is 1.68 bits per heavy atom. The summed E-state index contributed by atoms with van der Waals surface area (Å²) in [6, 6.07) is 0.513. The van der Waals surface area contributed by atoms with E-state index < -0.39 is 44.8 Å². The molecule has 1 atom stereocenters. The number of hydrogen-bond acceptors (Lipinski definition) is 6.